The number of nitrogens with zero attached hydrogens (tertiary/aromatic N) is 2. The molecule has 2 aromatic rings. The number of rotatable bonds is 6. The van der Waals surface area contributed by atoms with Gasteiger partial charge in [-0.25, -0.2) is 18.7 Å². The monoisotopic (exact) mass is 292 g/mol. The van der Waals surface area contributed by atoms with Gasteiger partial charge >= 0.3 is 0 Å². The van der Waals surface area contributed by atoms with Gasteiger partial charge in [0.25, 0.3) is 0 Å². The van der Waals surface area contributed by atoms with E-state index in [1.54, 1.807) is 6.07 Å². The molecule has 0 radical (unpaired) electrons. The minimum absolute atomic E-state index is 0.234. The molecule has 0 aliphatic heterocycles. The third-order valence-corrected chi connectivity index (χ3v) is 2.92. The van der Waals surface area contributed by atoms with Crippen molar-refractivity contribution in [1.29, 1.82) is 0 Å². The summed E-state index contributed by atoms with van der Waals surface area (Å²) in [4.78, 5) is 8.68. The first-order valence-corrected chi connectivity index (χ1v) is 6.92. The number of benzene rings is 1. The molecule has 0 aliphatic rings. The lowest BCUT2D eigenvalue weighted by atomic mass is 10.2. The van der Waals surface area contributed by atoms with Crippen LogP contribution >= 0.6 is 0 Å². The molecule has 1 aromatic carbocycles. The van der Waals surface area contributed by atoms with Crippen molar-refractivity contribution in [2.45, 2.75) is 26.8 Å². The van der Waals surface area contributed by atoms with E-state index in [-0.39, 0.29) is 6.54 Å². The molecular weight excluding hydrogens is 274 g/mol. The van der Waals surface area contributed by atoms with Crippen molar-refractivity contribution < 1.29 is 8.78 Å². The van der Waals surface area contributed by atoms with Gasteiger partial charge in [0.2, 0.25) is 0 Å². The summed E-state index contributed by atoms with van der Waals surface area (Å²) in [5.74, 6) is 0.892. The molecule has 2 N–H and O–H groups in total. The molecular formula is C15H18F2N4. The maximum absolute atomic E-state index is 13.6. The van der Waals surface area contributed by atoms with Crippen LogP contribution in [0.2, 0.25) is 0 Å². The highest BCUT2D eigenvalue weighted by molar-refractivity contribution is 5.48. The molecule has 21 heavy (non-hydrogen) atoms. The van der Waals surface area contributed by atoms with Gasteiger partial charge in [-0.3, -0.25) is 0 Å². The predicted octanol–water partition coefficient (Wildman–Crippen LogP) is 3.36. The van der Waals surface area contributed by atoms with E-state index >= 15 is 0 Å². The van der Waals surface area contributed by atoms with E-state index in [9.17, 15) is 8.78 Å². The van der Waals surface area contributed by atoms with Crippen molar-refractivity contribution in [3.63, 3.8) is 0 Å². The normalized spacial score (nSPS) is 10.5. The molecule has 0 amide bonds. The number of hydrogen-bond donors (Lipinski definition) is 2. The van der Waals surface area contributed by atoms with Gasteiger partial charge in [0.05, 0.1) is 0 Å². The highest BCUT2D eigenvalue weighted by Crippen LogP contribution is 2.15. The second-order valence-corrected chi connectivity index (χ2v) is 4.53. The Morgan fingerprint density at radius 3 is 2.33 bits per heavy atom. The number of nitrogens with one attached hydrogen (secondary N) is 2. The molecule has 1 heterocycles. The van der Waals surface area contributed by atoms with Crippen LogP contribution in [0.3, 0.4) is 0 Å². The van der Waals surface area contributed by atoms with Crippen LogP contribution in [0.1, 0.15) is 25.2 Å². The summed E-state index contributed by atoms with van der Waals surface area (Å²) in [5.41, 5.74) is 0.387. The fourth-order valence-electron chi connectivity index (χ4n) is 1.87. The average molecular weight is 292 g/mol. The Morgan fingerprint density at radius 1 is 1.00 bits per heavy atom. The zero-order valence-corrected chi connectivity index (χ0v) is 12.1. The molecule has 2 rings (SSSR count). The first-order chi connectivity index (χ1) is 10.1. The highest BCUT2D eigenvalue weighted by Gasteiger charge is 2.06. The van der Waals surface area contributed by atoms with E-state index in [2.05, 4.69) is 20.6 Å². The second-order valence-electron chi connectivity index (χ2n) is 4.53. The standard InChI is InChI=1S/C15H18F2N4/c1-3-13-20-14(18-4-2)8-15(21-13)19-9-10-5-6-11(16)7-12(10)17/h5-8H,3-4,9H2,1-2H3,(H2,18,19,20,21). The van der Waals surface area contributed by atoms with Gasteiger partial charge in [-0.1, -0.05) is 13.0 Å². The molecule has 0 saturated heterocycles. The summed E-state index contributed by atoms with van der Waals surface area (Å²) < 4.78 is 26.4. The molecule has 0 fully saturated rings. The lowest BCUT2D eigenvalue weighted by Gasteiger charge is -2.10. The van der Waals surface area contributed by atoms with Crippen LogP contribution in [-0.4, -0.2) is 16.5 Å². The van der Waals surface area contributed by atoms with Crippen molar-refractivity contribution in [3.8, 4) is 0 Å². The van der Waals surface area contributed by atoms with Crippen LogP contribution in [0.25, 0.3) is 0 Å². The number of hydrogen-bond acceptors (Lipinski definition) is 4. The fourth-order valence-corrected chi connectivity index (χ4v) is 1.87. The second kappa shape index (κ2) is 6.97. The Balaban J connectivity index is 2.13. The maximum atomic E-state index is 13.6. The van der Waals surface area contributed by atoms with Crippen LogP contribution in [-0.2, 0) is 13.0 Å². The molecule has 0 bridgehead atoms. The Hall–Kier alpha value is -2.24. The number of aromatic nitrogens is 2. The summed E-state index contributed by atoms with van der Waals surface area (Å²) in [6.45, 7) is 4.94. The molecule has 6 heteroatoms. The Labute approximate surface area is 122 Å². The van der Waals surface area contributed by atoms with Gasteiger partial charge in [-0.05, 0) is 13.0 Å². The Bertz CT molecular complexity index is 617. The summed E-state index contributed by atoms with van der Waals surface area (Å²) in [6.07, 6.45) is 0.707. The first-order valence-electron chi connectivity index (χ1n) is 6.92. The predicted molar refractivity (Wildman–Crippen MR) is 79.3 cm³/mol. The van der Waals surface area contributed by atoms with E-state index in [0.717, 1.165) is 18.4 Å². The van der Waals surface area contributed by atoms with E-state index in [0.29, 0.717) is 23.6 Å². The van der Waals surface area contributed by atoms with Crippen LogP contribution in [0, 0.1) is 11.6 Å². The van der Waals surface area contributed by atoms with Crippen LogP contribution in [0.4, 0.5) is 20.4 Å². The van der Waals surface area contributed by atoms with Gasteiger partial charge in [0.1, 0.15) is 29.1 Å². The number of aryl methyl sites for hydroxylation is 1. The molecule has 112 valence electrons. The van der Waals surface area contributed by atoms with E-state index in [4.69, 9.17) is 0 Å². The molecule has 0 saturated carbocycles. The van der Waals surface area contributed by atoms with Gasteiger partial charge in [0.15, 0.2) is 0 Å². The quantitative estimate of drug-likeness (QED) is 0.857. The van der Waals surface area contributed by atoms with E-state index in [1.165, 1.54) is 12.1 Å². The summed E-state index contributed by atoms with van der Waals surface area (Å²) in [5, 5.41) is 6.17. The Kier molecular flexibility index (Phi) is 5.03. The van der Waals surface area contributed by atoms with Crippen LogP contribution in [0.5, 0.6) is 0 Å². The lowest BCUT2D eigenvalue weighted by Crippen LogP contribution is -2.08. The Morgan fingerprint density at radius 2 is 1.71 bits per heavy atom. The minimum atomic E-state index is -0.582. The van der Waals surface area contributed by atoms with Gasteiger partial charge < -0.3 is 10.6 Å². The third-order valence-electron chi connectivity index (χ3n) is 2.92. The van der Waals surface area contributed by atoms with Gasteiger partial charge in [0, 0.05) is 37.2 Å². The zero-order valence-electron chi connectivity index (χ0n) is 12.1. The molecule has 1 aromatic heterocycles. The van der Waals surface area contributed by atoms with Crippen LogP contribution in [0.15, 0.2) is 24.3 Å². The third kappa shape index (κ3) is 4.11. The van der Waals surface area contributed by atoms with E-state index in [1.807, 2.05) is 13.8 Å². The van der Waals surface area contributed by atoms with Crippen molar-refractivity contribution in [3.05, 3.63) is 47.3 Å². The molecule has 0 atom stereocenters. The van der Waals surface area contributed by atoms with Gasteiger partial charge in [-0.15, -0.1) is 0 Å². The largest absolute Gasteiger partial charge is 0.370 e. The zero-order chi connectivity index (χ0) is 15.2. The summed E-state index contributed by atoms with van der Waals surface area (Å²) >= 11 is 0. The van der Waals surface area contributed by atoms with Crippen molar-refractivity contribution >= 4 is 11.6 Å². The summed E-state index contributed by atoms with van der Waals surface area (Å²) in [6, 6.07) is 5.30. The number of halogens is 2. The smallest absolute Gasteiger partial charge is 0.132 e. The van der Waals surface area contributed by atoms with Gasteiger partial charge in [-0.2, -0.15) is 0 Å². The molecule has 4 nitrogen and oxygen atoms in total. The average Bonchev–Trinajstić information content (AvgIpc) is 2.46. The SMILES string of the molecule is CCNc1cc(NCc2ccc(F)cc2F)nc(CC)n1. The first kappa shape index (κ1) is 15.2. The molecule has 0 aliphatic carbocycles. The highest BCUT2D eigenvalue weighted by atomic mass is 19.1. The van der Waals surface area contributed by atoms with E-state index < -0.39 is 11.6 Å². The number of anilines is 2. The summed E-state index contributed by atoms with van der Waals surface area (Å²) in [7, 11) is 0. The molecule has 0 unspecified atom stereocenters. The van der Waals surface area contributed by atoms with Crippen molar-refractivity contribution in [2.75, 3.05) is 17.2 Å². The topological polar surface area (TPSA) is 49.8 Å². The molecule has 0 spiro atoms. The van der Waals surface area contributed by atoms with Crippen molar-refractivity contribution in [1.82, 2.24) is 9.97 Å². The minimum Gasteiger partial charge on any atom is -0.370 e. The fraction of sp³-hybridized carbons (Fsp3) is 0.333. The lowest BCUT2D eigenvalue weighted by molar-refractivity contribution is 0.574. The van der Waals surface area contributed by atoms with Crippen LogP contribution < -0.4 is 10.6 Å². The maximum Gasteiger partial charge on any atom is 0.132 e. The van der Waals surface area contributed by atoms with Crippen molar-refractivity contribution in [2.24, 2.45) is 0 Å².